The zero-order valence-electron chi connectivity index (χ0n) is 7.71. The number of halogens is 1. The first-order chi connectivity index (χ1) is 6.24. The molecule has 0 fully saturated rings. The molecule has 2 rings (SSSR count). The Morgan fingerprint density at radius 3 is 2.92 bits per heavy atom. The maximum absolute atomic E-state index is 6.02. The third-order valence-electron chi connectivity index (χ3n) is 2.27. The largest absolute Gasteiger partial charge is 0.271 e. The predicted molar refractivity (Wildman–Crippen MR) is 55.1 cm³/mol. The van der Waals surface area contributed by atoms with E-state index in [4.69, 9.17) is 11.6 Å². The number of fused-ring (bicyclic) bond motifs is 1. The van der Waals surface area contributed by atoms with Crippen LogP contribution in [0.3, 0.4) is 0 Å². The molecule has 0 unspecified atom stereocenters. The van der Waals surface area contributed by atoms with Crippen molar-refractivity contribution in [2.45, 2.75) is 13.3 Å². The molecule has 3 heteroatoms. The summed E-state index contributed by atoms with van der Waals surface area (Å²) < 4.78 is 1.90. The summed E-state index contributed by atoms with van der Waals surface area (Å²) in [5, 5.41) is 6.26. The van der Waals surface area contributed by atoms with Crippen molar-refractivity contribution in [1.29, 1.82) is 0 Å². The van der Waals surface area contributed by atoms with Gasteiger partial charge in [0.25, 0.3) is 0 Å². The predicted octanol–water partition coefficient (Wildman–Crippen LogP) is 2.79. The number of rotatable bonds is 1. The van der Waals surface area contributed by atoms with Gasteiger partial charge in [0.15, 0.2) is 0 Å². The quantitative estimate of drug-likeness (QED) is 0.683. The molecule has 0 atom stereocenters. The van der Waals surface area contributed by atoms with Crippen LogP contribution in [0.2, 0.25) is 5.02 Å². The fourth-order valence-electron chi connectivity index (χ4n) is 1.65. The molecule has 2 aromatic rings. The van der Waals surface area contributed by atoms with Crippen LogP contribution >= 0.6 is 11.6 Å². The van der Waals surface area contributed by atoms with Crippen molar-refractivity contribution in [3.8, 4) is 0 Å². The lowest BCUT2D eigenvalue weighted by Crippen LogP contribution is -1.95. The number of nitrogens with zero attached hydrogens (tertiary/aromatic N) is 2. The summed E-state index contributed by atoms with van der Waals surface area (Å²) in [5.41, 5.74) is 2.14. The molecule has 0 saturated carbocycles. The van der Waals surface area contributed by atoms with Crippen LogP contribution in [-0.4, -0.2) is 9.78 Å². The van der Waals surface area contributed by atoms with E-state index in [0.29, 0.717) is 0 Å². The molecule has 13 heavy (non-hydrogen) atoms. The zero-order chi connectivity index (χ0) is 9.42. The minimum Gasteiger partial charge on any atom is -0.271 e. The Balaban J connectivity index is 2.86. The number of hydrogen-bond acceptors (Lipinski definition) is 1. The summed E-state index contributed by atoms with van der Waals surface area (Å²) in [5.74, 6) is 0. The summed E-state index contributed by atoms with van der Waals surface area (Å²) >= 11 is 6.02. The van der Waals surface area contributed by atoms with Gasteiger partial charge in [0.1, 0.15) is 5.52 Å². The van der Waals surface area contributed by atoms with Crippen molar-refractivity contribution in [2.75, 3.05) is 0 Å². The first kappa shape index (κ1) is 8.57. The van der Waals surface area contributed by atoms with E-state index in [1.54, 1.807) is 0 Å². The highest BCUT2D eigenvalue weighted by Gasteiger charge is 2.08. The van der Waals surface area contributed by atoms with Crippen LogP contribution in [0.1, 0.15) is 12.6 Å². The second-order valence-corrected chi connectivity index (χ2v) is 3.47. The van der Waals surface area contributed by atoms with E-state index in [-0.39, 0.29) is 0 Å². The van der Waals surface area contributed by atoms with E-state index >= 15 is 0 Å². The Labute approximate surface area is 82.1 Å². The average Bonchev–Trinajstić information content (AvgIpc) is 2.43. The van der Waals surface area contributed by atoms with Gasteiger partial charge in [0.2, 0.25) is 0 Å². The van der Waals surface area contributed by atoms with E-state index in [1.165, 1.54) is 5.69 Å². The summed E-state index contributed by atoms with van der Waals surface area (Å²) in [6.07, 6.45) is 0.980. The van der Waals surface area contributed by atoms with Crippen LogP contribution in [0.15, 0.2) is 18.2 Å². The molecule has 0 saturated heterocycles. The van der Waals surface area contributed by atoms with Gasteiger partial charge in [-0.05, 0) is 12.5 Å². The minimum absolute atomic E-state index is 0.729. The molecule has 0 bridgehead atoms. The van der Waals surface area contributed by atoms with Gasteiger partial charge in [-0.2, -0.15) is 5.10 Å². The fourth-order valence-corrected chi connectivity index (χ4v) is 1.87. The standard InChI is InChI=1S/C10H11ClN2/c1-3-9-7-5-4-6-8(11)10(7)12-13(9)2/h4-6H,3H2,1-2H3. The first-order valence-corrected chi connectivity index (χ1v) is 4.72. The first-order valence-electron chi connectivity index (χ1n) is 4.34. The van der Waals surface area contributed by atoms with Gasteiger partial charge in [-0.25, -0.2) is 0 Å². The third-order valence-corrected chi connectivity index (χ3v) is 2.58. The summed E-state index contributed by atoms with van der Waals surface area (Å²) in [6, 6.07) is 5.90. The van der Waals surface area contributed by atoms with Crippen LogP contribution in [0, 0.1) is 0 Å². The minimum atomic E-state index is 0.729. The molecule has 68 valence electrons. The van der Waals surface area contributed by atoms with Gasteiger partial charge in [0.05, 0.1) is 5.02 Å². The zero-order valence-corrected chi connectivity index (χ0v) is 8.47. The van der Waals surface area contributed by atoms with E-state index in [0.717, 1.165) is 22.3 Å². The number of aryl methyl sites for hydroxylation is 2. The number of hydrogen-bond donors (Lipinski definition) is 0. The van der Waals surface area contributed by atoms with Crippen LogP contribution in [0.4, 0.5) is 0 Å². The highest BCUT2D eigenvalue weighted by molar-refractivity contribution is 6.35. The smallest absolute Gasteiger partial charge is 0.111 e. The van der Waals surface area contributed by atoms with Crippen molar-refractivity contribution < 1.29 is 0 Å². The summed E-state index contributed by atoms with van der Waals surface area (Å²) in [7, 11) is 1.95. The van der Waals surface area contributed by atoms with Crippen molar-refractivity contribution >= 4 is 22.5 Å². The van der Waals surface area contributed by atoms with Gasteiger partial charge in [0, 0.05) is 18.1 Å². The van der Waals surface area contributed by atoms with Crippen LogP contribution in [-0.2, 0) is 13.5 Å². The maximum atomic E-state index is 6.02. The van der Waals surface area contributed by atoms with Gasteiger partial charge < -0.3 is 0 Å². The normalized spacial score (nSPS) is 11.0. The van der Waals surface area contributed by atoms with Crippen LogP contribution in [0.25, 0.3) is 10.9 Å². The lowest BCUT2D eigenvalue weighted by Gasteiger charge is -1.95. The Morgan fingerprint density at radius 2 is 2.23 bits per heavy atom. The Bertz CT molecular complexity index is 445. The van der Waals surface area contributed by atoms with E-state index in [1.807, 2.05) is 23.9 Å². The monoisotopic (exact) mass is 194 g/mol. The Morgan fingerprint density at radius 1 is 1.46 bits per heavy atom. The molecule has 0 aliphatic rings. The lowest BCUT2D eigenvalue weighted by atomic mass is 10.2. The van der Waals surface area contributed by atoms with Crippen molar-refractivity contribution in [3.63, 3.8) is 0 Å². The van der Waals surface area contributed by atoms with Crippen molar-refractivity contribution in [1.82, 2.24) is 9.78 Å². The van der Waals surface area contributed by atoms with Gasteiger partial charge in [-0.1, -0.05) is 30.7 Å². The second kappa shape index (κ2) is 3.04. The number of benzene rings is 1. The Hall–Kier alpha value is -1.02. The SMILES string of the molecule is CCc1c2cccc(Cl)c2nn1C. The molecular formula is C10H11ClN2. The molecule has 2 nitrogen and oxygen atoms in total. The lowest BCUT2D eigenvalue weighted by molar-refractivity contribution is 0.728. The topological polar surface area (TPSA) is 17.8 Å². The van der Waals surface area contributed by atoms with E-state index in [9.17, 15) is 0 Å². The molecule has 1 aromatic carbocycles. The maximum Gasteiger partial charge on any atom is 0.111 e. The van der Waals surface area contributed by atoms with E-state index in [2.05, 4.69) is 18.1 Å². The molecule has 0 radical (unpaired) electrons. The summed E-state index contributed by atoms with van der Waals surface area (Å²) in [6.45, 7) is 2.12. The van der Waals surface area contributed by atoms with Gasteiger partial charge in [-0.15, -0.1) is 0 Å². The average molecular weight is 195 g/mol. The van der Waals surface area contributed by atoms with E-state index < -0.39 is 0 Å². The fraction of sp³-hybridized carbons (Fsp3) is 0.300. The molecule has 1 aromatic heterocycles. The van der Waals surface area contributed by atoms with Crippen molar-refractivity contribution in [2.24, 2.45) is 7.05 Å². The molecule has 0 aliphatic carbocycles. The molecule has 0 N–H and O–H groups in total. The second-order valence-electron chi connectivity index (χ2n) is 3.06. The van der Waals surface area contributed by atoms with Crippen LogP contribution in [0.5, 0.6) is 0 Å². The highest BCUT2D eigenvalue weighted by atomic mass is 35.5. The molecular weight excluding hydrogens is 184 g/mol. The molecule has 1 heterocycles. The van der Waals surface area contributed by atoms with Crippen LogP contribution < -0.4 is 0 Å². The van der Waals surface area contributed by atoms with Crippen molar-refractivity contribution in [3.05, 3.63) is 28.9 Å². The third kappa shape index (κ3) is 1.22. The molecule has 0 aliphatic heterocycles. The number of aromatic nitrogens is 2. The molecule has 0 amide bonds. The Kier molecular flexibility index (Phi) is 2.00. The van der Waals surface area contributed by atoms with Gasteiger partial charge >= 0.3 is 0 Å². The highest BCUT2D eigenvalue weighted by Crippen LogP contribution is 2.24. The summed E-state index contributed by atoms with van der Waals surface area (Å²) in [4.78, 5) is 0. The molecule has 0 spiro atoms. The van der Waals surface area contributed by atoms with Gasteiger partial charge in [-0.3, -0.25) is 4.68 Å².